The molecule has 2 saturated heterocycles. The molecule has 32 heavy (non-hydrogen) atoms. The zero-order valence-corrected chi connectivity index (χ0v) is 20.2. The second-order valence-electron chi connectivity index (χ2n) is 9.07. The number of rotatable bonds is 10. The molecule has 2 aliphatic rings. The SMILES string of the molecule is CCNC(=NCC(C)N1CCN(CC)CC1)NCC1CC(=O)N(CCc2ccccc2)C1. The van der Waals surface area contributed by atoms with E-state index in [1.54, 1.807) is 0 Å². The van der Waals surface area contributed by atoms with Crippen LogP contribution in [-0.2, 0) is 11.2 Å². The number of benzene rings is 1. The number of carbonyl (C=O) groups is 1. The lowest BCUT2D eigenvalue weighted by atomic mass is 10.1. The van der Waals surface area contributed by atoms with Crippen molar-refractivity contribution >= 4 is 11.9 Å². The van der Waals surface area contributed by atoms with Crippen LogP contribution in [0.25, 0.3) is 0 Å². The van der Waals surface area contributed by atoms with E-state index in [4.69, 9.17) is 4.99 Å². The summed E-state index contributed by atoms with van der Waals surface area (Å²) in [7, 11) is 0. The second-order valence-corrected chi connectivity index (χ2v) is 9.07. The van der Waals surface area contributed by atoms with Gasteiger partial charge in [-0.1, -0.05) is 37.3 Å². The summed E-state index contributed by atoms with van der Waals surface area (Å²) in [6, 6.07) is 10.8. The first-order chi connectivity index (χ1) is 15.6. The molecule has 0 spiro atoms. The molecular formula is C25H42N6O. The van der Waals surface area contributed by atoms with Crippen molar-refractivity contribution in [1.29, 1.82) is 0 Å². The minimum atomic E-state index is 0.273. The number of aliphatic imine (C=N–C) groups is 1. The number of nitrogens with one attached hydrogen (secondary N) is 2. The molecule has 7 heteroatoms. The maximum Gasteiger partial charge on any atom is 0.223 e. The first-order valence-electron chi connectivity index (χ1n) is 12.4. The minimum Gasteiger partial charge on any atom is -0.357 e. The van der Waals surface area contributed by atoms with Crippen molar-refractivity contribution in [2.75, 3.05) is 65.4 Å². The number of hydrogen-bond acceptors (Lipinski definition) is 4. The lowest BCUT2D eigenvalue weighted by Gasteiger charge is -2.37. The van der Waals surface area contributed by atoms with E-state index in [-0.39, 0.29) is 5.91 Å². The highest BCUT2D eigenvalue weighted by Crippen LogP contribution is 2.17. The molecule has 1 aromatic carbocycles. The lowest BCUT2D eigenvalue weighted by Crippen LogP contribution is -2.50. The smallest absolute Gasteiger partial charge is 0.223 e. The molecular weight excluding hydrogens is 400 g/mol. The molecule has 1 amide bonds. The Labute approximate surface area is 194 Å². The standard InChI is InChI=1S/C25H42N6O/c1-4-26-25(27-18-21(3)30-15-13-29(5-2)14-16-30)28-19-23-17-24(32)31(20-23)12-11-22-9-7-6-8-10-22/h6-10,21,23H,4-5,11-20H2,1-3H3,(H2,26,27,28). The van der Waals surface area contributed by atoms with Gasteiger partial charge in [-0.3, -0.25) is 14.7 Å². The zero-order valence-electron chi connectivity index (χ0n) is 20.2. The summed E-state index contributed by atoms with van der Waals surface area (Å²) >= 11 is 0. The molecule has 3 rings (SSSR count). The quantitative estimate of drug-likeness (QED) is 0.426. The number of amides is 1. The van der Waals surface area contributed by atoms with E-state index in [1.165, 1.54) is 5.56 Å². The van der Waals surface area contributed by atoms with Crippen LogP contribution >= 0.6 is 0 Å². The zero-order chi connectivity index (χ0) is 22.8. The van der Waals surface area contributed by atoms with E-state index in [0.717, 1.165) is 77.8 Å². The van der Waals surface area contributed by atoms with Gasteiger partial charge in [-0.25, -0.2) is 0 Å². The molecule has 2 N–H and O–H groups in total. The molecule has 0 saturated carbocycles. The van der Waals surface area contributed by atoms with Crippen LogP contribution in [0.1, 0.15) is 32.8 Å². The average Bonchev–Trinajstić information content (AvgIpc) is 3.19. The summed E-state index contributed by atoms with van der Waals surface area (Å²) < 4.78 is 0. The van der Waals surface area contributed by atoms with E-state index >= 15 is 0 Å². The molecule has 0 radical (unpaired) electrons. The predicted octanol–water partition coefficient (Wildman–Crippen LogP) is 1.66. The van der Waals surface area contributed by atoms with Crippen molar-refractivity contribution in [1.82, 2.24) is 25.3 Å². The molecule has 0 aromatic heterocycles. The Morgan fingerprint density at radius 2 is 1.88 bits per heavy atom. The van der Waals surface area contributed by atoms with Crippen LogP contribution in [0.3, 0.4) is 0 Å². The van der Waals surface area contributed by atoms with Gasteiger partial charge >= 0.3 is 0 Å². The number of likely N-dealkylation sites (N-methyl/N-ethyl adjacent to an activating group) is 1. The number of hydrogen-bond donors (Lipinski definition) is 2. The van der Waals surface area contributed by atoms with Gasteiger partial charge in [-0.2, -0.15) is 0 Å². The molecule has 2 unspecified atom stereocenters. The summed E-state index contributed by atoms with van der Waals surface area (Å²) in [4.78, 5) is 24.4. The normalized spacial score (nSPS) is 21.7. The highest BCUT2D eigenvalue weighted by Gasteiger charge is 2.29. The Balaban J connectivity index is 1.42. The number of guanidine groups is 1. The van der Waals surface area contributed by atoms with Gasteiger partial charge in [0.15, 0.2) is 5.96 Å². The van der Waals surface area contributed by atoms with Crippen LogP contribution in [0.5, 0.6) is 0 Å². The minimum absolute atomic E-state index is 0.273. The van der Waals surface area contributed by atoms with Crippen LogP contribution < -0.4 is 10.6 Å². The first kappa shape index (κ1) is 24.5. The first-order valence-corrected chi connectivity index (χ1v) is 12.4. The van der Waals surface area contributed by atoms with Crippen LogP contribution in [0, 0.1) is 5.92 Å². The molecule has 2 fully saturated rings. The van der Waals surface area contributed by atoms with Gasteiger partial charge < -0.3 is 20.4 Å². The van der Waals surface area contributed by atoms with Gasteiger partial charge in [-0.05, 0) is 32.4 Å². The molecule has 1 aromatic rings. The van der Waals surface area contributed by atoms with Crippen molar-refractivity contribution < 1.29 is 4.79 Å². The van der Waals surface area contributed by atoms with E-state index < -0.39 is 0 Å². The number of nitrogens with zero attached hydrogens (tertiary/aromatic N) is 4. The van der Waals surface area contributed by atoms with Gasteiger partial charge in [0.05, 0.1) is 6.54 Å². The summed E-state index contributed by atoms with van der Waals surface area (Å²) in [5.41, 5.74) is 1.29. The van der Waals surface area contributed by atoms with Crippen molar-refractivity contribution in [3.63, 3.8) is 0 Å². The summed E-state index contributed by atoms with van der Waals surface area (Å²) in [5, 5.41) is 6.85. The van der Waals surface area contributed by atoms with E-state index in [9.17, 15) is 4.79 Å². The highest BCUT2D eigenvalue weighted by molar-refractivity contribution is 5.81. The fraction of sp³-hybridized carbons (Fsp3) is 0.680. The van der Waals surface area contributed by atoms with Gasteiger partial charge in [0.2, 0.25) is 5.91 Å². The summed E-state index contributed by atoms with van der Waals surface area (Å²) in [6.45, 7) is 16.3. The van der Waals surface area contributed by atoms with E-state index in [2.05, 4.69) is 65.5 Å². The number of piperazine rings is 1. The van der Waals surface area contributed by atoms with Gasteiger partial charge in [0.25, 0.3) is 0 Å². The predicted molar refractivity (Wildman–Crippen MR) is 132 cm³/mol. The van der Waals surface area contributed by atoms with Crippen molar-refractivity contribution in [2.45, 2.75) is 39.7 Å². The van der Waals surface area contributed by atoms with Crippen LogP contribution in [0.2, 0.25) is 0 Å². The average molecular weight is 443 g/mol. The fourth-order valence-electron chi connectivity index (χ4n) is 4.56. The lowest BCUT2D eigenvalue weighted by molar-refractivity contribution is -0.127. The summed E-state index contributed by atoms with van der Waals surface area (Å²) in [6.07, 6.45) is 1.54. The Morgan fingerprint density at radius 1 is 1.12 bits per heavy atom. The van der Waals surface area contributed by atoms with Crippen LogP contribution in [0.15, 0.2) is 35.3 Å². The van der Waals surface area contributed by atoms with Gasteiger partial charge in [0.1, 0.15) is 0 Å². The van der Waals surface area contributed by atoms with Crippen molar-refractivity contribution in [3.05, 3.63) is 35.9 Å². The Morgan fingerprint density at radius 3 is 2.56 bits per heavy atom. The van der Waals surface area contributed by atoms with Crippen LogP contribution in [-0.4, -0.2) is 98.1 Å². The Kier molecular flexibility index (Phi) is 9.81. The largest absolute Gasteiger partial charge is 0.357 e. The highest BCUT2D eigenvalue weighted by atomic mass is 16.2. The Hall–Kier alpha value is -2.12. The molecule has 0 aliphatic carbocycles. The van der Waals surface area contributed by atoms with E-state index in [1.807, 2.05) is 11.0 Å². The van der Waals surface area contributed by atoms with Crippen molar-refractivity contribution in [3.8, 4) is 0 Å². The third kappa shape index (κ3) is 7.48. The maximum absolute atomic E-state index is 12.5. The molecule has 7 nitrogen and oxygen atoms in total. The molecule has 178 valence electrons. The summed E-state index contributed by atoms with van der Waals surface area (Å²) in [5.74, 6) is 1.47. The second kappa shape index (κ2) is 12.8. The third-order valence-electron chi connectivity index (χ3n) is 6.70. The van der Waals surface area contributed by atoms with Gasteiger partial charge in [-0.15, -0.1) is 0 Å². The maximum atomic E-state index is 12.5. The molecule has 2 aliphatic heterocycles. The van der Waals surface area contributed by atoms with Crippen LogP contribution in [0.4, 0.5) is 0 Å². The van der Waals surface area contributed by atoms with E-state index in [0.29, 0.717) is 18.4 Å². The number of likely N-dealkylation sites (tertiary alicyclic amines) is 1. The third-order valence-corrected chi connectivity index (χ3v) is 6.70. The topological polar surface area (TPSA) is 63.2 Å². The molecule has 2 heterocycles. The molecule has 2 atom stereocenters. The molecule has 0 bridgehead atoms. The Bertz CT molecular complexity index is 716. The van der Waals surface area contributed by atoms with Crippen molar-refractivity contribution in [2.24, 2.45) is 10.9 Å². The number of carbonyl (C=O) groups excluding carboxylic acids is 1. The monoisotopic (exact) mass is 442 g/mol. The fourth-order valence-corrected chi connectivity index (χ4v) is 4.56. The van der Waals surface area contributed by atoms with Gasteiger partial charge in [0, 0.05) is 70.7 Å².